The highest BCUT2D eigenvalue weighted by Crippen LogP contribution is 2.44. The number of benzene rings is 1. The van der Waals surface area contributed by atoms with Gasteiger partial charge in [0.25, 0.3) is 0 Å². The van der Waals surface area contributed by atoms with Gasteiger partial charge < -0.3 is 10.5 Å². The van der Waals surface area contributed by atoms with Crippen molar-refractivity contribution < 1.29 is 4.74 Å². The predicted octanol–water partition coefficient (Wildman–Crippen LogP) is 4.32. The minimum Gasteiger partial charge on any atom is -0.375 e. The van der Waals surface area contributed by atoms with Crippen molar-refractivity contribution in [3.63, 3.8) is 0 Å². The van der Waals surface area contributed by atoms with Crippen molar-refractivity contribution in [2.75, 3.05) is 18.1 Å². The SMILES string of the molecule is CC(N)(c1ccc(Br)cc1)C1CCOC2(CCSCC2)C1. The van der Waals surface area contributed by atoms with Crippen LogP contribution in [0.2, 0.25) is 0 Å². The number of ether oxygens (including phenoxy) is 1. The minimum absolute atomic E-state index is 0.101. The molecule has 2 heterocycles. The van der Waals surface area contributed by atoms with E-state index in [2.05, 4.69) is 58.9 Å². The van der Waals surface area contributed by atoms with Gasteiger partial charge in [-0.05, 0) is 67.7 Å². The highest BCUT2D eigenvalue weighted by molar-refractivity contribution is 9.10. The molecule has 0 saturated carbocycles. The monoisotopic (exact) mass is 369 g/mol. The molecule has 1 spiro atoms. The first-order valence-electron chi connectivity index (χ1n) is 7.79. The van der Waals surface area contributed by atoms with Crippen molar-refractivity contribution >= 4 is 27.7 Å². The fraction of sp³-hybridized carbons (Fsp3) is 0.647. The lowest BCUT2D eigenvalue weighted by atomic mass is 9.70. The van der Waals surface area contributed by atoms with Crippen molar-refractivity contribution in [2.24, 2.45) is 11.7 Å². The van der Waals surface area contributed by atoms with E-state index in [4.69, 9.17) is 10.5 Å². The Morgan fingerprint density at radius 2 is 1.95 bits per heavy atom. The van der Waals surface area contributed by atoms with Crippen molar-refractivity contribution in [3.8, 4) is 0 Å². The summed E-state index contributed by atoms with van der Waals surface area (Å²) in [5.41, 5.74) is 7.84. The molecule has 0 amide bonds. The number of nitrogens with two attached hydrogens (primary N) is 1. The number of thioether (sulfide) groups is 1. The van der Waals surface area contributed by atoms with Gasteiger partial charge in [-0.25, -0.2) is 0 Å². The molecule has 2 unspecified atom stereocenters. The molecule has 0 radical (unpaired) electrons. The van der Waals surface area contributed by atoms with Gasteiger partial charge in [0, 0.05) is 16.6 Å². The lowest BCUT2D eigenvalue weighted by molar-refractivity contribution is -0.113. The summed E-state index contributed by atoms with van der Waals surface area (Å²) < 4.78 is 7.32. The Bertz CT molecular complexity index is 477. The van der Waals surface area contributed by atoms with E-state index in [1.165, 1.54) is 29.9 Å². The molecule has 3 rings (SSSR count). The Labute approximate surface area is 140 Å². The molecule has 21 heavy (non-hydrogen) atoms. The van der Waals surface area contributed by atoms with Crippen LogP contribution in [0.3, 0.4) is 0 Å². The van der Waals surface area contributed by atoms with Crippen LogP contribution < -0.4 is 5.73 Å². The summed E-state index contributed by atoms with van der Waals surface area (Å²) in [4.78, 5) is 0. The summed E-state index contributed by atoms with van der Waals surface area (Å²) in [5, 5.41) is 0. The van der Waals surface area contributed by atoms with Gasteiger partial charge in [0.1, 0.15) is 0 Å². The topological polar surface area (TPSA) is 35.2 Å². The van der Waals surface area contributed by atoms with Gasteiger partial charge in [0.05, 0.1) is 5.60 Å². The lowest BCUT2D eigenvalue weighted by Gasteiger charge is -2.48. The summed E-state index contributed by atoms with van der Waals surface area (Å²) in [7, 11) is 0. The molecule has 0 aromatic heterocycles. The molecule has 2 atom stereocenters. The molecule has 0 aliphatic carbocycles. The second-order valence-electron chi connectivity index (χ2n) is 6.62. The second kappa shape index (κ2) is 6.23. The Kier molecular flexibility index (Phi) is 4.70. The van der Waals surface area contributed by atoms with Crippen molar-refractivity contribution in [1.82, 2.24) is 0 Å². The van der Waals surface area contributed by atoms with Crippen LogP contribution in [0.4, 0.5) is 0 Å². The zero-order chi connectivity index (χ0) is 14.9. The fourth-order valence-electron chi connectivity index (χ4n) is 3.68. The van der Waals surface area contributed by atoms with Gasteiger partial charge in [-0.15, -0.1) is 0 Å². The third-order valence-electron chi connectivity index (χ3n) is 5.21. The normalized spacial score (nSPS) is 28.2. The first kappa shape index (κ1) is 15.9. The van der Waals surface area contributed by atoms with Crippen LogP contribution in [0.15, 0.2) is 28.7 Å². The van der Waals surface area contributed by atoms with E-state index < -0.39 is 0 Å². The molecule has 2 N–H and O–H groups in total. The zero-order valence-electron chi connectivity index (χ0n) is 12.6. The van der Waals surface area contributed by atoms with Crippen LogP contribution in [0.1, 0.15) is 38.2 Å². The third-order valence-corrected chi connectivity index (χ3v) is 6.73. The van der Waals surface area contributed by atoms with E-state index in [1.54, 1.807) is 0 Å². The highest BCUT2D eigenvalue weighted by atomic mass is 79.9. The van der Waals surface area contributed by atoms with Gasteiger partial charge in [0.2, 0.25) is 0 Å². The van der Waals surface area contributed by atoms with E-state index >= 15 is 0 Å². The summed E-state index contributed by atoms with van der Waals surface area (Å²) in [5.74, 6) is 2.95. The molecule has 2 saturated heterocycles. The Hall–Kier alpha value is -0.0300. The number of hydrogen-bond donors (Lipinski definition) is 1. The van der Waals surface area contributed by atoms with Crippen molar-refractivity contribution in [3.05, 3.63) is 34.3 Å². The molecule has 0 bridgehead atoms. The summed E-state index contributed by atoms with van der Waals surface area (Å²) in [6, 6.07) is 8.49. The molecule has 116 valence electrons. The molecular formula is C17H24BrNOS. The van der Waals surface area contributed by atoms with Crippen molar-refractivity contribution in [2.45, 2.75) is 43.7 Å². The molecule has 2 aliphatic heterocycles. The third kappa shape index (κ3) is 3.34. The van der Waals surface area contributed by atoms with Gasteiger partial charge in [0.15, 0.2) is 0 Å². The maximum atomic E-state index is 6.78. The van der Waals surface area contributed by atoms with Gasteiger partial charge >= 0.3 is 0 Å². The van der Waals surface area contributed by atoms with E-state index in [-0.39, 0.29) is 11.1 Å². The molecule has 2 nitrogen and oxygen atoms in total. The quantitative estimate of drug-likeness (QED) is 0.842. The van der Waals surface area contributed by atoms with Crippen LogP contribution in [0.25, 0.3) is 0 Å². The molecule has 1 aromatic carbocycles. The second-order valence-corrected chi connectivity index (χ2v) is 8.76. The van der Waals surface area contributed by atoms with Crippen LogP contribution in [0, 0.1) is 5.92 Å². The summed E-state index contributed by atoms with van der Waals surface area (Å²) in [6.07, 6.45) is 4.55. The van der Waals surface area contributed by atoms with Crippen LogP contribution >= 0.6 is 27.7 Å². The first-order valence-corrected chi connectivity index (χ1v) is 9.73. The van der Waals surface area contributed by atoms with E-state index in [1.807, 2.05) is 0 Å². The van der Waals surface area contributed by atoms with Crippen LogP contribution in [0.5, 0.6) is 0 Å². The van der Waals surface area contributed by atoms with Gasteiger partial charge in [-0.2, -0.15) is 11.8 Å². The van der Waals surface area contributed by atoms with E-state index in [0.717, 1.165) is 23.9 Å². The van der Waals surface area contributed by atoms with Gasteiger partial charge in [-0.1, -0.05) is 28.1 Å². The van der Waals surface area contributed by atoms with Crippen LogP contribution in [-0.2, 0) is 10.3 Å². The van der Waals surface area contributed by atoms with Gasteiger partial charge in [-0.3, -0.25) is 0 Å². The number of rotatable bonds is 2. The Balaban J connectivity index is 1.79. The maximum absolute atomic E-state index is 6.78. The smallest absolute Gasteiger partial charge is 0.0701 e. The Morgan fingerprint density at radius 3 is 2.62 bits per heavy atom. The first-order chi connectivity index (χ1) is 10.0. The molecule has 2 aliphatic rings. The fourth-order valence-corrected chi connectivity index (χ4v) is 5.18. The number of halogens is 1. The standard InChI is InChI=1S/C17H24BrNOS/c1-16(19,13-2-4-15(18)5-3-13)14-6-9-20-17(12-14)7-10-21-11-8-17/h2-5,14H,6-12,19H2,1H3. The van der Waals surface area contributed by atoms with E-state index in [0.29, 0.717) is 5.92 Å². The highest BCUT2D eigenvalue weighted by Gasteiger charge is 2.44. The molecular weight excluding hydrogens is 346 g/mol. The average Bonchev–Trinajstić information content (AvgIpc) is 2.48. The van der Waals surface area contributed by atoms with Crippen molar-refractivity contribution in [1.29, 1.82) is 0 Å². The van der Waals surface area contributed by atoms with Crippen LogP contribution in [-0.4, -0.2) is 23.7 Å². The molecule has 2 fully saturated rings. The molecule has 1 aromatic rings. The zero-order valence-corrected chi connectivity index (χ0v) is 15.0. The maximum Gasteiger partial charge on any atom is 0.0701 e. The Morgan fingerprint density at radius 1 is 1.29 bits per heavy atom. The molecule has 4 heteroatoms. The largest absolute Gasteiger partial charge is 0.375 e. The number of hydrogen-bond acceptors (Lipinski definition) is 3. The van der Waals surface area contributed by atoms with E-state index in [9.17, 15) is 0 Å². The average molecular weight is 370 g/mol. The predicted molar refractivity (Wildman–Crippen MR) is 93.6 cm³/mol. The summed E-state index contributed by atoms with van der Waals surface area (Å²) >= 11 is 5.56. The minimum atomic E-state index is -0.276. The summed E-state index contributed by atoms with van der Waals surface area (Å²) in [6.45, 7) is 3.05. The lowest BCUT2D eigenvalue weighted by Crippen LogP contribution is -2.51.